The highest BCUT2D eigenvalue weighted by molar-refractivity contribution is 9.09. The summed E-state index contributed by atoms with van der Waals surface area (Å²) >= 11 is 3.74. The fourth-order valence-electron chi connectivity index (χ4n) is 2.10. The predicted octanol–water partition coefficient (Wildman–Crippen LogP) is 4.05. The fraction of sp³-hybridized carbons (Fsp3) is 0.500. The Morgan fingerprint density at radius 1 is 1.41 bits per heavy atom. The monoisotopic (exact) mass is 295 g/mol. The summed E-state index contributed by atoms with van der Waals surface area (Å²) in [6.45, 7) is 6.71. The van der Waals surface area contributed by atoms with Crippen LogP contribution >= 0.6 is 15.9 Å². The molecule has 0 saturated heterocycles. The maximum absolute atomic E-state index is 11.3. The van der Waals surface area contributed by atoms with Crippen molar-refractivity contribution in [2.75, 3.05) is 5.32 Å². The van der Waals surface area contributed by atoms with E-state index in [4.69, 9.17) is 0 Å². The molecule has 0 saturated carbocycles. The van der Waals surface area contributed by atoms with Crippen LogP contribution in [0.5, 0.6) is 0 Å². The molecule has 1 heterocycles. The number of amides is 1. The molecule has 1 aliphatic heterocycles. The lowest BCUT2D eigenvalue weighted by molar-refractivity contribution is -0.115. The Labute approximate surface area is 111 Å². The molecule has 1 atom stereocenters. The minimum absolute atomic E-state index is 0.0964. The van der Waals surface area contributed by atoms with Crippen LogP contribution in [0.15, 0.2) is 18.2 Å². The minimum atomic E-state index is 0.0964. The van der Waals surface area contributed by atoms with Gasteiger partial charge in [0.25, 0.3) is 0 Å². The number of fused-ring (bicyclic) bond motifs is 1. The second kappa shape index (κ2) is 4.45. The molecule has 1 aromatic rings. The van der Waals surface area contributed by atoms with Crippen LogP contribution in [-0.4, -0.2) is 5.91 Å². The molecule has 2 nitrogen and oxygen atoms in total. The van der Waals surface area contributed by atoms with Crippen molar-refractivity contribution in [3.63, 3.8) is 0 Å². The van der Waals surface area contributed by atoms with Crippen LogP contribution in [0.1, 0.15) is 43.1 Å². The zero-order valence-electron chi connectivity index (χ0n) is 10.5. The summed E-state index contributed by atoms with van der Waals surface area (Å²) < 4.78 is 0. The van der Waals surface area contributed by atoms with Gasteiger partial charge in [-0.15, -0.1) is 0 Å². The van der Waals surface area contributed by atoms with Gasteiger partial charge in [-0.25, -0.2) is 0 Å². The number of nitrogens with one attached hydrogen (secondary N) is 1. The first kappa shape index (κ1) is 12.6. The Hall–Kier alpha value is -0.830. The topological polar surface area (TPSA) is 29.1 Å². The molecule has 1 unspecified atom stereocenters. The van der Waals surface area contributed by atoms with E-state index in [0.29, 0.717) is 16.7 Å². The first-order chi connectivity index (χ1) is 7.85. The summed E-state index contributed by atoms with van der Waals surface area (Å²) in [5.41, 5.74) is 3.64. The lowest BCUT2D eigenvalue weighted by Crippen LogP contribution is -2.08. The van der Waals surface area contributed by atoms with E-state index >= 15 is 0 Å². The summed E-state index contributed by atoms with van der Waals surface area (Å²) in [6, 6.07) is 6.24. The third-order valence-corrected chi connectivity index (χ3v) is 3.76. The number of carbonyl (C=O) groups is 1. The van der Waals surface area contributed by atoms with Gasteiger partial charge in [0.05, 0.1) is 6.42 Å². The highest BCUT2D eigenvalue weighted by Crippen LogP contribution is 2.37. The zero-order chi connectivity index (χ0) is 12.6. The number of hydrogen-bond donors (Lipinski definition) is 1. The number of carbonyl (C=O) groups excluding carboxylic acids is 1. The van der Waals surface area contributed by atoms with E-state index in [0.717, 1.165) is 17.7 Å². The summed E-state index contributed by atoms with van der Waals surface area (Å²) in [5.74, 6) is 0.0964. The molecule has 1 aromatic carbocycles. The molecule has 0 spiro atoms. The van der Waals surface area contributed by atoms with Crippen LogP contribution in [0.2, 0.25) is 0 Å². The van der Waals surface area contributed by atoms with E-state index in [1.54, 1.807) is 0 Å². The van der Waals surface area contributed by atoms with E-state index in [9.17, 15) is 4.79 Å². The molecule has 1 aliphatic rings. The molecular weight excluding hydrogens is 278 g/mol. The lowest BCUT2D eigenvalue weighted by Gasteiger charge is -2.22. The van der Waals surface area contributed by atoms with Crippen molar-refractivity contribution in [3.8, 4) is 0 Å². The standard InChI is InChI=1S/C14H18BrNO/c1-14(2,3)8-11(15)9-4-5-12-10(6-9)7-13(17)16-12/h4-6,11H,7-8H2,1-3H3,(H,16,17). The van der Waals surface area contributed by atoms with Crippen molar-refractivity contribution in [1.82, 2.24) is 0 Å². The largest absolute Gasteiger partial charge is 0.326 e. The van der Waals surface area contributed by atoms with Gasteiger partial charge in [-0.1, -0.05) is 48.8 Å². The van der Waals surface area contributed by atoms with Crippen molar-refractivity contribution in [2.24, 2.45) is 5.41 Å². The van der Waals surface area contributed by atoms with Gasteiger partial charge in [-0.3, -0.25) is 4.79 Å². The average Bonchev–Trinajstić information content (AvgIpc) is 2.53. The van der Waals surface area contributed by atoms with Gasteiger partial charge in [0.15, 0.2) is 0 Å². The van der Waals surface area contributed by atoms with Crippen molar-refractivity contribution in [2.45, 2.75) is 38.4 Å². The number of rotatable bonds is 2. The van der Waals surface area contributed by atoms with E-state index in [1.165, 1.54) is 5.56 Å². The van der Waals surface area contributed by atoms with Crippen molar-refractivity contribution >= 4 is 27.5 Å². The first-order valence-electron chi connectivity index (χ1n) is 5.92. The average molecular weight is 296 g/mol. The lowest BCUT2D eigenvalue weighted by atomic mass is 9.88. The predicted molar refractivity (Wildman–Crippen MR) is 74.5 cm³/mol. The van der Waals surface area contributed by atoms with Gasteiger partial charge in [0.2, 0.25) is 5.91 Å². The van der Waals surface area contributed by atoms with E-state index < -0.39 is 0 Å². The van der Waals surface area contributed by atoms with Crippen LogP contribution in [-0.2, 0) is 11.2 Å². The Bertz CT molecular complexity index is 448. The van der Waals surface area contributed by atoms with Crippen molar-refractivity contribution in [3.05, 3.63) is 29.3 Å². The van der Waals surface area contributed by atoms with Crippen LogP contribution in [0.25, 0.3) is 0 Å². The van der Waals surface area contributed by atoms with Crippen LogP contribution in [0.3, 0.4) is 0 Å². The van der Waals surface area contributed by atoms with Crippen molar-refractivity contribution < 1.29 is 4.79 Å². The van der Waals surface area contributed by atoms with E-state index in [2.05, 4.69) is 54.2 Å². The normalized spacial score (nSPS) is 16.6. The van der Waals surface area contributed by atoms with Gasteiger partial charge >= 0.3 is 0 Å². The molecule has 2 rings (SSSR count). The highest BCUT2D eigenvalue weighted by Gasteiger charge is 2.21. The maximum atomic E-state index is 11.3. The van der Waals surface area contributed by atoms with Gasteiger partial charge in [0, 0.05) is 10.5 Å². The zero-order valence-corrected chi connectivity index (χ0v) is 12.1. The molecule has 1 amide bonds. The summed E-state index contributed by atoms with van der Waals surface area (Å²) in [7, 11) is 0. The molecule has 1 N–H and O–H groups in total. The Balaban J connectivity index is 2.18. The number of hydrogen-bond acceptors (Lipinski definition) is 1. The number of benzene rings is 1. The Morgan fingerprint density at radius 2 is 2.12 bits per heavy atom. The molecular formula is C14H18BrNO. The van der Waals surface area contributed by atoms with Gasteiger partial charge in [-0.05, 0) is 29.0 Å². The van der Waals surface area contributed by atoms with Crippen LogP contribution < -0.4 is 5.32 Å². The summed E-state index contributed by atoms with van der Waals surface area (Å²) in [6.07, 6.45) is 1.59. The second-order valence-corrected chi connectivity index (χ2v) is 6.98. The SMILES string of the molecule is CC(C)(C)CC(Br)c1ccc2c(c1)CC(=O)N2. The minimum Gasteiger partial charge on any atom is -0.326 e. The molecule has 92 valence electrons. The third kappa shape index (κ3) is 3.09. The Morgan fingerprint density at radius 3 is 2.76 bits per heavy atom. The quantitative estimate of drug-likeness (QED) is 0.819. The summed E-state index contributed by atoms with van der Waals surface area (Å²) in [5, 5.41) is 2.86. The van der Waals surface area contributed by atoms with Crippen LogP contribution in [0.4, 0.5) is 5.69 Å². The van der Waals surface area contributed by atoms with Gasteiger partial charge in [0.1, 0.15) is 0 Å². The van der Waals surface area contributed by atoms with Gasteiger partial charge < -0.3 is 5.32 Å². The first-order valence-corrected chi connectivity index (χ1v) is 6.83. The Kier molecular flexibility index (Phi) is 3.30. The van der Waals surface area contributed by atoms with Crippen LogP contribution in [0, 0.1) is 5.41 Å². The molecule has 0 aliphatic carbocycles. The van der Waals surface area contributed by atoms with Crippen molar-refractivity contribution in [1.29, 1.82) is 0 Å². The molecule has 0 bridgehead atoms. The molecule has 0 aromatic heterocycles. The fourth-order valence-corrected chi connectivity index (χ4v) is 3.36. The van der Waals surface area contributed by atoms with E-state index in [1.807, 2.05) is 6.07 Å². The molecule has 0 radical (unpaired) electrons. The highest BCUT2D eigenvalue weighted by atomic mass is 79.9. The third-order valence-electron chi connectivity index (χ3n) is 2.91. The number of anilines is 1. The number of alkyl halides is 1. The summed E-state index contributed by atoms with van der Waals surface area (Å²) in [4.78, 5) is 11.6. The number of halogens is 1. The van der Waals surface area contributed by atoms with Gasteiger partial charge in [-0.2, -0.15) is 0 Å². The van der Waals surface area contributed by atoms with E-state index in [-0.39, 0.29) is 5.91 Å². The molecule has 17 heavy (non-hydrogen) atoms. The molecule has 3 heteroatoms. The second-order valence-electron chi connectivity index (χ2n) is 5.87. The maximum Gasteiger partial charge on any atom is 0.228 e. The smallest absolute Gasteiger partial charge is 0.228 e. The molecule has 0 fully saturated rings.